The van der Waals surface area contributed by atoms with Crippen LogP contribution in [0.15, 0.2) is 36.4 Å². The molecule has 0 spiro atoms. The van der Waals surface area contributed by atoms with Crippen molar-refractivity contribution >= 4 is 10.8 Å². The molecule has 0 saturated heterocycles. The topological polar surface area (TPSA) is 0 Å². The predicted octanol–water partition coefficient (Wildman–Crippen LogP) is 3.19. The second-order valence-electron chi connectivity index (χ2n) is 3.23. The normalized spacial score (nSPS) is 9.07. The minimum absolute atomic E-state index is 0.891. The summed E-state index contributed by atoms with van der Waals surface area (Å²) in [4.78, 5) is 0. The van der Waals surface area contributed by atoms with Gasteiger partial charge in [0.2, 0.25) is 0 Å². The lowest BCUT2D eigenvalue weighted by Crippen LogP contribution is -1.85. The Morgan fingerprint density at radius 2 is 1.87 bits per heavy atom. The van der Waals surface area contributed by atoms with Crippen molar-refractivity contribution in [1.29, 1.82) is 0 Å². The summed E-state index contributed by atoms with van der Waals surface area (Å²) in [5.41, 5.74) is 1.82. The molecule has 0 aliphatic carbocycles. The molecule has 0 heteroatoms. The second kappa shape index (κ2) is 3.91. The van der Waals surface area contributed by atoms with E-state index >= 15 is 0 Å². The Morgan fingerprint density at radius 1 is 1.07 bits per heavy atom. The summed E-state index contributed by atoms with van der Waals surface area (Å²) >= 11 is 0. The van der Waals surface area contributed by atoms with Gasteiger partial charge in [-0.15, -0.1) is 12.3 Å². The van der Waals surface area contributed by atoms with E-state index in [-0.39, 0.29) is 0 Å². The molecule has 0 aromatic heterocycles. The number of benzene rings is 2. The standard InChI is InChI=1S/C15H10/c1-3-7-12-10-11-13-8-5-6-9-15(13)14(12)4-2/h2,5-6,8-11H,1H3. The van der Waals surface area contributed by atoms with Crippen LogP contribution in [0.1, 0.15) is 18.1 Å². The Labute approximate surface area is 89.9 Å². The molecule has 0 aliphatic rings. The molecule has 0 unspecified atom stereocenters. The molecule has 2 aromatic rings. The van der Waals surface area contributed by atoms with Crippen LogP contribution in [-0.2, 0) is 0 Å². The van der Waals surface area contributed by atoms with E-state index in [0.29, 0.717) is 0 Å². The monoisotopic (exact) mass is 190 g/mol. The highest BCUT2D eigenvalue weighted by Gasteiger charge is 2.02. The van der Waals surface area contributed by atoms with Crippen LogP contribution < -0.4 is 0 Å². The largest absolute Gasteiger partial charge is 0.115 e. The highest BCUT2D eigenvalue weighted by molar-refractivity contribution is 5.90. The molecule has 0 bridgehead atoms. The number of terminal acetylenes is 1. The van der Waals surface area contributed by atoms with E-state index < -0.39 is 0 Å². The average Bonchev–Trinajstić information content (AvgIpc) is 2.29. The Balaban J connectivity index is 2.87. The lowest BCUT2D eigenvalue weighted by molar-refractivity contribution is 1.64. The Kier molecular flexibility index (Phi) is 2.44. The highest BCUT2D eigenvalue weighted by atomic mass is 14.0. The molecule has 70 valence electrons. The van der Waals surface area contributed by atoms with Crippen LogP contribution in [0.5, 0.6) is 0 Å². The van der Waals surface area contributed by atoms with Crippen molar-refractivity contribution in [2.45, 2.75) is 6.92 Å². The zero-order valence-electron chi connectivity index (χ0n) is 8.54. The fraction of sp³-hybridized carbons (Fsp3) is 0.0667. The van der Waals surface area contributed by atoms with Gasteiger partial charge in [0.25, 0.3) is 0 Å². The first kappa shape index (κ1) is 9.38. The van der Waals surface area contributed by atoms with Crippen molar-refractivity contribution < 1.29 is 0 Å². The van der Waals surface area contributed by atoms with E-state index in [4.69, 9.17) is 6.42 Å². The minimum atomic E-state index is 0.891. The average molecular weight is 190 g/mol. The number of hydrogen-bond donors (Lipinski definition) is 0. The van der Waals surface area contributed by atoms with Gasteiger partial charge in [-0.2, -0.15) is 0 Å². The minimum Gasteiger partial charge on any atom is -0.115 e. The third kappa shape index (κ3) is 1.58. The van der Waals surface area contributed by atoms with Gasteiger partial charge in [-0.05, 0) is 23.8 Å². The van der Waals surface area contributed by atoms with Gasteiger partial charge in [0, 0.05) is 11.1 Å². The fourth-order valence-corrected chi connectivity index (χ4v) is 1.67. The summed E-state index contributed by atoms with van der Waals surface area (Å²) in [6.07, 6.45) is 5.53. The lowest BCUT2D eigenvalue weighted by Gasteiger charge is -2.02. The summed E-state index contributed by atoms with van der Waals surface area (Å²) in [6, 6.07) is 12.1. The Hall–Kier alpha value is -2.18. The van der Waals surface area contributed by atoms with Gasteiger partial charge in [0.1, 0.15) is 0 Å². The molecule has 0 aliphatic heterocycles. The van der Waals surface area contributed by atoms with Crippen molar-refractivity contribution in [2.75, 3.05) is 0 Å². The molecule has 0 nitrogen and oxygen atoms in total. The second-order valence-corrected chi connectivity index (χ2v) is 3.23. The molecule has 0 atom stereocenters. The molecule has 2 rings (SSSR count). The van der Waals surface area contributed by atoms with Crippen LogP contribution in [0, 0.1) is 24.2 Å². The molecular weight excluding hydrogens is 180 g/mol. The zero-order valence-corrected chi connectivity index (χ0v) is 8.54. The number of hydrogen-bond acceptors (Lipinski definition) is 0. The summed E-state index contributed by atoms with van der Waals surface area (Å²) in [5, 5.41) is 2.26. The smallest absolute Gasteiger partial charge is 0.0477 e. The van der Waals surface area contributed by atoms with Gasteiger partial charge < -0.3 is 0 Å². The molecule has 0 fully saturated rings. The summed E-state index contributed by atoms with van der Waals surface area (Å²) in [6.45, 7) is 1.81. The Bertz CT molecular complexity index is 601. The molecule has 2 aromatic carbocycles. The van der Waals surface area contributed by atoms with Crippen LogP contribution in [0.2, 0.25) is 0 Å². The molecule has 0 heterocycles. The van der Waals surface area contributed by atoms with Crippen LogP contribution in [0.4, 0.5) is 0 Å². The summed E-state index contributed by atoms with van der Waals surface area (Å²) in [7, 11) is 0. The Morgan fingerprint density at radius 3 is 2.60 bits per heavy atom. The lowest BCUT2D eigenvalue weighted by atomic mass is 10.00. The van der Waals surface area contributed by atoms with Gasteiger partial charge in [-0.3, -0.25) is 0 Å². The van der Waals surface area contributed by atoms with E-state index in [0.717, 1.165) is 21.9 Å². The molecule has 0 amide bonds. The first-order chi connectivity index (χ1) is 7.36. The summed E-state index contributed by atoms with van der Waals surface area (Å²) < 4.78 is 0. The summed E-state index contributed by atoms with van der Waals surface area (Å²) in [5.74, 6) is 8.63. The van der Waals surface area contributed by atoms with E-state index in [1.54, 1.807) is 0 Å². The quantitative estimate of drug-likeness (QED) is 0.560. The van der Waals surface area contributed by atoms with Crippen molar-refractivity contribution in [3.63, 3.8) is 0 Å². The van der Waals surface area contributed by atoms with Gasteiger partial charge >= 0.3 is 0 Å². The third-order valence-corrected chi connectivity index (χ3v) is 2.33. The maximum absolute atomic E-state index is 5.53. The number of fused-ring (bicyclic) bond motifs is 1. The van der Waals surface area contributed by atoms with E-state index in [2.05, 4.69) is 29.9 Å². The van der Waals surface area contributed by atoms with Crippen LogP contribution in [-0.4, -0.2) is 0 Å². The third-order valence-electron chi connectivity index (χ3n) is 2.33. The predicted molar refractivity (Wildman–Crippen MR) is 64.4 cm³/mol. The first-order valence-corrected chi connectivity index (χ1v) is 4.78. The van der Waals surface area contributed by atoms with Crippen molar-refractivity contribution in [2.24, 2.45) is 0 Å². The maximum Gasteiger partial charge on any atom is 0.0477 e. The van der Waals surface area contributed by atoms with Gasteiger partial charge in [-0.1, -0.05) is 42.2 Å². The zero-order chi connectivity index (χ0) is 10.7. The van der Waals surface area contributed by atoms with Crippen molar-refractivity contribution in [3.05, 3.63) is 47.5 Å². The van der Waals surface area contributed by atoms with Gasteiger partial charge in [0.15, 0.2) is 0 Å². The molecular formula is C15H10. The highest BCUT2D eigenvalue weighted by Crippen LogP contribution is 2.21. The van der Waals surface area contributed by atoms with E-state index in [9.17, 15) is 0 Å². The van der Waals surface area contributed by atoms with Crippen LogP contribution in [0.3, 0.4) is 0 Å². The maximum atomic E-state index is 5.53. The fourth-order valence-electron chi connectivity index (χ4n) is 1.67. The van der Waals surface area contributed by atoms with E-state index in [1.807, 2.05) is 31.2 Å². The van der Waals surface area contributed by atoms with E-state index in [1.165, 1.54) is 0 Å². The van der Waals surface area contributed by atoms with Crippen LogP contribution >= 0.6 is 0 Å². The van der Waals surface area contributed by atoms with Gasteiger partial charge in [-0.25, -0.2) is 0 Å². The molecule has 0 radical (unpaired) electrons. The molecule has 0 saturated carbocycles. The first-order valence-electron chi connectivity index (χ1n) is 4.78. The number of rotatable bonds is 0. The molecule has 15 heavy (non-hydrogen) atoms. The van der Waals surface area contributed by atoms with Crippen molar-refractivity contribution in [3.8, 4) is 24.2 Å². The van der Waals surface area contributed by atoms with Crippen LogP contribution in [0.25, 0.3) is 10.8 Å². The van der Waals surface area contributed by atoms with Gasteiger partial charge in [0.05, 0.1) is 0 Å². The van der Waals surface area contributed by atoms with Crippen molar-refractivity contribution in [1.82, 2.24) is 0 Å². The molecule has 0 N–H and O–H groups in total. The SMILES string of the molecule is C#Cc1c(C#CC)ccc2ccccc12.